The van der Waals surface area contributed by atoms with Crippen molar-refractivity contribution in [2.45, 2.75) is 18.6 Å². The van der Waals surface area contributed by atoms with Crippen molar-refractivity contribution in [2.24, 2.45) is 0 Å². The Morgan fingerprint density at radius 2 is 2.12 bits per heavy atom. The number of hydrogen-bond acceptors (Lipinski definition) is 4. The van der Waals surface area contributed by atoms with E-state index in [1.54, 1.807) is 0 Å². The van der Waals surface area contributed by atoms with E-state index in [9.17, 15) is 8.78 Å². The van der Waals surface area contributed by atoms with Crippen molar-refractivity contribution >= 4 is 23.4 Å². The molecule has 0 saturated carbocycles. The number of aromatic nitrogens is 1. The van der Waals surface area contributed by atoms with E-state index in [0.29, 0.717) is 13.1 Å². The van der Waals surface area contributed by atoms with Crippen LogP contribution in [-0.4, -0.2) is 28.6 Å². The summed E-state index contributed by atoms with van der Waals surface area (Å²) in [6.45, 7) is 5.55. The van der Waals surface area contributed by atoms with E-state index in [1.807, 2.05) is 16.7 Å². The summed E-state index contributed by atoms with van der Waals surface area (Å²) >= 11 is 1.83. The smallest absolute Gasteiger partial charge is 0.168 e. The Morgan fingerprint density at radius 3 is 2.76 bits per heavy atom. The van der Waals surface area contributed by atoms with Crippen LogP contribution in [0, 0.1) is 11.6 Å². The van der Waals surface area contributed by atoms with Crippen LogP contribution in [-0.2, 0) is 0 Å². The van der Waals surface area contributed by atoms with Gasteiger partial charge in [-0.3, -0.25) is 0 Å². The van der Waals surface area contributed by atoms with Gasteiger partial charge in [-0.2, -0.15) is 11.8 Å². The molecular formula is C11H15F2N3S. The van der Waals surface area contributed by atoms with Gasteiger partial charge in [0.25, 0.3) is 0 Å². The fraction of sp³-hybridized carbons (Fsp3) is 0.545. The molecular weight excluding hydrogens is 244 g/mol. The Labute approximate surface area is 103 Å². The summed E-state index contributed by atoms with van der Waals surface area (Å²) in [5.41, 5.74) is 5.38. The molecule has 1 aromatic rings. The van der Waals surface area contributed by atoms with Crippen molar-refractivity contribution in [3.05, 3.63) is 17.7 Å². The second-order valence-electron chi connectivity index (χ2n) is 4.69. The van der Waals surface area contributed by atoms with E-state index in [0.717, 1.165) is 11.8 Å². The van der Waals surface area contributed by atoms with Gasteiger partial charge in [0.2, 0.25) is 0 Å². The molecule has 0 aromatic carbocycles. The third-order valence-corrected chi connectivity index (χ3v) is 3.96. The molecule has 0 radical (unpaired) electrons. The largest absolute Gasteiger partial charge is 0.381 e. The first-order valence-electron chi connectivity index (χ1n) is 5.39. The molecule has 3 nitrogen and oxygen atoms in total. The molecule has 1 fully saturated rings. The molecule has 2 rings (SSSR count). The fourth-order valence-electron chi connectivity index (χ4n) is 1.89. The summed E-state index contributed by atoms with van der Waals surface area (Å²) in [4.78, 5) is 5.63. The number of anilines is 2. The number of nitrogen functional groups attached to an aromatic ring is 1. The zero-order valence-corrected chi connectivity index (χ0v) is 10.7. The zero-order valence-electron chi connectivity index (χ0n) is 9.83. The highest BCUT2D eigenvalue weighted by atomic mass is 32.2. The minimum Gasteiger partial charge on any atom is -0.381 e. The molecule has 17 heavy (non-hydrogen) atoms. The predicted octanol–water partition coefficient (Wildman–Crippen LogP) is 2.27. The van der Waals surface area contributed by atoms with Crippen molar-refractivity contribution in [2.75, 3.05) is 29.5 Å². The summed E-state index contributed by atoms with van der Waals surface area (Å²) in [6.07, 6.45) is 0. The lowest BCUT2D eigenvalue weighted by atomic mass is 10.2. The van der Waals surface area contributed by atoms with Gasteiger partial charge in [0.05, 0.1) is 0 Å². The van der Waals surface area contributed by atoms with E-state index >= 15 is 0 Å². The Bertz CT molecular complexity index is 437. The van der Waals surface area contributed by atoms with Gasteiger partial charge in [-0.15, -0.1) is 0 Å². The average molecular weight is 259 g/mol. The van der Waals surface area contributed by atoms with Crippen LogP contribution in [0.25, 0.3) is 0 Å². The highest BCUT2D eigenvalue weighted by Gasteiger charge is 2.29. The normalized spacial score (nSPS) is 19.4. The minimum atomic E-state index is -0.808. The molecule has 6 heteroatoms. The molecule has 1 aliphatic heterocycles. The standard InChI is InChI=1S/C11H15F2N3S/c1-11(2)6-16(3-4-17-11)10-8(13)5-7(12)9(14)15-10/h5H,3-4,6H2,1-2H3,(H2,14,15). The molecule has 2 heterocycles. The fourth-order valence-corrected chi connectivity index (χ4v) is 3.00. The lowest BCUT2D eigenvalue weighted by Gasteiger charge is -2.38. The Kier molecular flexibility index (Phi) is 3.16. The number of nitrogens with two attached hydrogens (primary N) is 1. The minimum absolute atomic E-state index is 0.0372. The SMILES string of the molecule is CC1(C)CN(c2nc(N)c(F)cc2F)CCS1. The number of nitrogens with zero attached hydrogens (tertiary/aromatic N) is 2. The van der Waals surface area contributed by atoms with Crippen LogP contribution in [0.4, 0.5) is 20.4 Å². The van der Waals surface area contributed by atoms with Crippen molar-refractivity contribution in [1.29, 1.82) is 0 Å². The van der Waals surface area contributed by atoms with E-state index in [1.165, 1.54) is 0 Å². The molecule has 0 aliphatic carbocycles. The second-order valence-corrected chi connectivity index (χ2v) is 6.49. The second kappa shape index (κ2) is 4.33. The molecule has 0 spiro atoms. The summed E-state index contributed by atoms with van der Waals surface area (Å²) in [6, 6.07) is 0.798. The van der Waals surface area contributed by atoms with Gasteiger partial charge in [0, 0.05) is 29.7 Å². The number of pyridine rings is 1. The Morgan fingerprint density at radius 1 is 1.41 bits per heavy atom. The first-order valence-corrected chi connectivity index (χ1v) is 6.38. The Balaban J connectivity index is 2.31. The topological polar surface area (TPSA) is 42.2 Å². The van der Waals surface area contributed by atoms with Gasteiger partial charge in [-0.25, -0.2) is 13.8 Å². The maximum absolute atomic E-state index is 13.7. The van der Waals surface area contributed by atoms with Crippen LogP contribution in [0.3, 0.4) is 0 Å². The monoisotopic (exact) mass is 259 g/mol. The van der Waals surface area contributed by atoms with Crippen LogP contribution >= 0.6 is 11.8 Å². The lowest BCUT2D eigenvalue weighted by molar-refractivity contribution is 0.562. The van der Waals surface area contributed by atoms with Gasteiger partial charge in [-0.1, -0.05) is 0 Å². The zero-order chi connectivity index (χ0) is 12.6. The number of rotatable bonds is 1. The highest BCUT2D eigenvalue weighted by Crippen LogP contribution is 2.32. The summed E-state index contributed by atoms with van der Waals surface area (Å²) in [7, 11) is 0. The van der Waals surface area contributed by atoms with E-state index in [2.05, 4.69) is 18.8 Å². The molecule has 0 amide bonds. The van der Waals surface area contributed by atoms with Crippen molar-refractivity contribution in [3.63, 3.8) is 0 Å². The highest BCUT2D eigenvalue weighted by molar-refractivity contribution is 8.00. The Hall–Kier alpha value is -1.04. The molecule has 94 valence electrons. The van der Waals surface area contributed by atoms with E-state index in [-0.39, 0.29) is 16.4 Å². The lowest BCUT2D eigenvalue weighted by Crippen LogP contribution is -2.44. The molecule has 0 bridgehead atoms. The molecule has 1 aliphatic rings. The number of halogens is 2. The molecule has 2 N–H and O–H groups in total. The third-order valence-electron chi connectivity index (χ3n) is 2.66. The molecule has 1 aromatic heterocycles. The molecule has 0 atom stereocenters. The van der Waals surface area contributed by atoms with Crippen LogP contribution in [0.2, 0.25) is 0 Å². The predicted molar refractivity (Wildman–Crippen MR) is 67.3 cm³/mol. The maximum Gasteiger partial charge on any atom is 0.168 e. The van der Waals surface area contributed by atoms with Gasteiger partial charge in [0.1, 0.15) is 0 Å². The van der Waals surface area contributed by atoms with Crippen LogP contribution in [0.15, 0.2) is 6.07 Å². The first-order chi connectivity index (χ1) is 7.89. The van der Waals surface area contributed by atoms with Gasteiger partial charge in [-0.05, 0) is 13.8 Å². The number of thioether (sulfide) groups is 1. The van der Waals surface area contributed by atoms with Crippen molar-refractivity contribution < 1.29 is 8.78 Å². The average Bonchev–Trinajstić information content (AvgIpc) is 2.22. The van der Waals surface area contributed by atoms with Crippen molar-refractivity contribution in [3.8, 4) is 0 Å². The van der Waals surface area contributed by atoms with Crippen LogP contribution in [0.1, 0.15) is 13.8 Å². The quantitative estimate of drug-likeness (QED) is 0.840. The van der Waals surface area contributed by atoms with E-state index < -0.39 is 11.6 Å². The van der Waals surface area contributed by atoms with Gasteiger partial charge < -0.3 is 10.6 Å². The number of hydrogen-bond donors (Lipinski definition) is 1. The summed E-state index contributed by atoms with van der Waals surface area (Å²) < 4.78 is 26.7. The summed E-state index contributed by atoms with van der Waals surface area (Å²) in [5, 5.41) is 0. The third kappa shape index (κ3) is 2.62. The molecule has 0 unspecified atom stereocenters. The summed E-state index contributed by atoms with van der Waals surface area (Å²) in [5.74, 6) is -0.670. The van der Waals surface area contributed by atoms with Crippen LogP contribution < -0.4 is 10.6 Å². The maximum atomic E-state index is 13.7. The van der Waals surface area contributed by atoms with E-state index in [4.69, 9.17) is 5.73 Å². The first kappa shape index (κ1) is 12.4. The van der Waals surface area contributed by atoms with Gasteiger partial charge in [0.15, 0.2) is 23.3 Å². The molecule has 1 saturated heterocycles. The van der Waals surface area contributed by atoms with Gasteiger partial charge >= 0.3 is 0 Å². The van der Waals surface area contributed by atoms with Crippen LogP contribution in [0.5, 0.6) is 0 Å². The van der Waals surface area contributed by atoms with Crippen molar-refractivity contribution in [1.82, 2.24) is 4.98 Å².